The molecular formula is C15H15ClFN3O3. The van der Waals surface area contributed by atoms with Gasteiger partial charge in [0.05, 0.1) is 19.6 Å². The van der Waals surface area contributed by atoms with Crippen LogP contribution in [0.4, 0.5) is 4.39 Å². The van der Waals surface area contributed by atoms with Crippen molar-refractivity contribution in [2.75, 3.05) is 19.7 Å². The predicted octanol–water partition coefficient (Wildman–Crippen LogP) is 2.31. The molecule has 0 bridgehead atoms. The lowest BCUT2D eigenvalue weighted by atomic mass is 10.1. The Kier molecular flexibility index (Phi) is 4.58. The van der Waals surface area contributed by atoms with Gasteiger partial charge in [0.2, 0.25) is 17.7 Å². The third-order valence-corrected chi connectivity index (χ3v) is 3.98. The van der Waals surface area contributed by atoms with Crippen LogP contribution in [-0.2, 0) is 16.0 Å². The highest BCUT2D eigenvalue weighted by Gasteiger charge is 2.29. The smallest absolute Gasteiger partial charge is 0.246 e. The molecule has 1 aromatic carbocycles. The molecule has 0 N–H and O–H groups in total. The van der Waals surface area contributed by atoms with Gasteiger partial charge in [-0.25, -0.2) is 4.39 Å². The minimum atomic E-state index is -0.483. The molecule has 122 valence electrons. The first kappa shape index (κ1) is 15.9. The van der Waals surface area contributed by atoms with Crippen molar-refractivity contribution in [2.24, 2.45) is 0 Å². The quantitative estimate of drug-likeness (QED) is 0.858. The predicted molar refractivity (Wildman–Crippen MR) is 79.4 cm³/mol. The maximum Gasteiger partial charge on any atom is 0.246 e. The second-order valence-corrected chi connectivity index (χ2v) is 5.64. The number of rotatable bonds is 3. The van der Waals surface area contributed by atoms with Gasteiger partial charge < -0.3 is 14.1 Å². The Hall–Kier alpha value is -1.99. The van der Waals surface area contributed by atoms with Gasteiger partial charge >= 0.3 is 0 Å². The lowest BCUT2D eigenvalue weighted by Gasteiger charge is -2.31. The molecule has 6 nitrogen and oxygen atoms in total. The van der Waals surface area contributed by atoms with Gasteiger partial charge in [0, 0.05) is 24.1 Å². The van der Waals surface area contributed by atoms with E-state index in [1.807, 2.05) is 0 Å². The molecule has 0 aliphatic carbocycles. The van der Waals surface area contributed by atoms with Crippen LogP contribution < -0.4 is 0 Å². The summed E-state index contributed by atoms with van der Waals surface area (Å²) in [7, 11) is 0. The third kappa shape index (κ3) is 3.51. The van der Waals surface area contributed by atoms with Crippen LogP contribution in [0, 0.1) is 12.7 Å². The van der Waals surface area contributed by atoms with Gasteiger partial charge in [0.25, 0.3) is 0 Å². The normalized spacial score (nSPS) is 18.2. The number of nitrogens with zero attached hydrogens (tertiary/aromatic N) is 3. The van der Waals surface area contributed by atoms with Crippen LogP contribution in [0.3, 0.4) is 0 Å². The van der Waals surface area contributed by atoms with Crippen LogP contribution in [0.2, 0.25) is 5.02 Å². The Morgan fingerprint density at radius 3 is 3.00 bits per heavy atom. The number of benzene rings is 1. The highest BCUT2D eigenvalue weighted by Crippen LogP contribution is 2.24. The fourth-order valence-electron chi connectivity index (χ4n) is 2.43. The number of aromatic nitrogens is 2. The number of halogens is 2. The van der Waals surface area contributed by atoms with Gasteiger partial charge in [-0.2, -0.15) is 0 Å². The number of hydrogen-bond donors (Lipinski definition) is 0. The molecule has 1 atom stereocenters. The Balaban J connectivity index is 1.70. The van der Waals surface area contributed by atoms with E-state index in [0.717, 1.165) is 0 Å². The first-order chi connectivity index (χ1) is 11.0. The van der Waals surface area contributed by atoms with E-state index < -0.39 is 11.9 Å². The van der Waals surface area contributed by atoms with Crippen molar-refractivity contribution in [3.63, 3.8) is 0 Å². The summed E-state index contributed by atoms with van der Waals surface area (Å²) in [6, 6.07) is 4.36. The zero-order chi connectivity index (χ0) is 16.4. The van der Waals surface area contributed by atoms with Gasteiger partial charge in [-0.05, 0) is 12.1 Å². The SMILES string of the molecule is Cc1nnc([C@H]2CN(C(=O)Cc3c(F)cccc3Cl)CCO2)o1. The molecule has 1 amide bonds. The average molecular weight is 340 g/mol. The number of amides is 1. The fourth-order valence-corrected chi connectivity index (χ4v) is 2.66. The molecule has 23 heavy (non-hydrogen) atoms. The van der Waals surface area contributed by atoms with E-state index in [0.29, 0.717) is 24.9 Å². The monoisotopic (exact) mass is 339 g/mol. The summed E-state index contributed by atoms with van der Waals surface area (Å²) in [6.07, 6.45) is -0.564. The number of hydrogen-bond acceptors (Lipinski definition) is 5. The molecule has 3 rings (SSSR count). The first-order valence-electron chi connectivity index (χ1n) is 7.17. The van der Waals surface area contributed by atoms with E-state index in [4.69, 9.17) is 20.8 Å². The van der Waals surface area contributed by atoms with Gasteiger partial charge in [0.15, 0.2) is 6.10 Å². The fraction of sp³-hybridized carbons (Fsp3) is 0.400. The highest BCUT2D eigenvalue weighted by molar-refractivity contribution is 6.31. The highest BCUT2D eigenvalue weighted by atomic mass is 35.5. The van der Waals surface area contributed by atoms with Crippen molar-refractivity contribution in [1.29, 1.82) is 0 Å². The van der Waals surface area contributed by atoms with Crippen molar-refractivity contribution in [3.8, 4) is 0 Å². The Labute approximate surface area is 137 Å². The zero-order valence-corrected chi connectivity index (χ0v) is 13.2. The molecule has 1 aliphatic rings. The van der Waals surface area contributed by atoms with E-state index in [1.165, 1.54) is 12.1 Å². The molecule has 0 saturated carbocycles. The lowest BCUT2D eigenvalue weighted by Crippen LogP contribution is -2.43. The second kappa shape index (κ2) is 6.64. The maximum atomic E-state index is 13.8. The molecule has 1 fully saturated rings. The summed E-state index contributed by atoms with van der Waals surface area (Å²) in [4.78, 5) is 14.0. The van der Waals surface area contributed by atoms with E-state index >= 15 is 0 Å². The summed E-state index contributed by atoms with van der Waals surface area (Å²) in [6.45, 7) is 2.74. The van der Waals surface area contributed by atoms with Crippen LogP contribution in [0.15, 0.2) is 22.6 Å². The van der Waals surface area contributed by atoms with Crippen molar-refractivity contribution in [1.82, 2.24) is 15.1 Å². The van der Waals surface area contributed by atoms with Crippen molar-refractivity contribution >= 4 is 17.5 Å². The lowest BCUT2D eigenvalue weighted by molar-refractivity contribution is -0.139. The number of morpholine rings is 1. The second-order valence-electron chi connectivity index (χ2n) is 5.24. The van der Waals surface area contributed by atoms with Crippen LogP contribution in [-0.4, -0.2) is 40.7 Å². The summed E-state index contributed by atoms with van der Waals surface area (Å²) >= 11 is 5.97. The van der Waals surface area contributed by atoms with E-state index in [-0.39, 0.29) is 29.5 Å². The number of ether oxygens (including phenoxy) is 1. The van der Waals surface area contributed by atoms with Crippen molar-refractivity contribution < 1.29 is 18.3 Å². The first-order valence-corrected chi connectivity index (χ1v) is 7.54. The summed E-state index contributed by atoms with van der Waals surface area (Å²) in [5, 5.41) is 7.92. The minimum absolute atomic E-state index is 0.0961. The van der Waals surface area contributed by atoms with Gasteiger partial charge in [-0.3, -0.25) is 4.79 Å². The van der Waals surface area contributed by atoms with Gasteiger partial charge in [-0.15, -0.1) is 10.2 Å². The number of aryl methyl sites for hydroxylation is 1. The van der Waals surface area contributed by atoms with E-state index in [1.54, 1.807) is 17.9 Å². The van der Waals surface area contributed by atoms with Crippen LogP contribution in [0.1, 0.15) is 23.4 Å². The van der Waals surface area contributed by atoms with E-state index in [2.05, 4.69) is 10.2 Å². The maximum absolute atomic E-state index is 13.8. The number of carbonyl (C=O) groups excluding carboxylic acids is 1. The minimum Gasteiger partial charge on any atom is -0.423 e. The molecular weight excluding hydrogens is 325 g/mol. The van der Waals surface area contributed by atoms with Gasteiger partial charge in [-0.1, -0.05) is 17.7 Å². The molecule has 0 unspecified atom stereocenters. The average Bonchev–Trinajstić information content (AvgIpc) is 2.97. The van der Waals surface area contributed by atoms with E-state index in [9.17, 15) is 9.18 Å². The summed E-state index contributed by atoms with van der Waals surface area (Å²) in [5.74, 6) is 0.0684. The molecule has 1 saturated heterocycles. The molecule has 1 aromatic heterocycles. The molecule has 8 heteroatoms. The summed E-state index contributed by atoms with van der Waals surface area (Å²) in [5.41, 5.74) is 0.204. The van der Waals surface area contributed by atoms with Crippen LogP contribution in [0.5, 0.6) is 0 Å². The van der Waals surface area contributed by atoms with Crippen molar-refractivity contribution in [2.45, 2.75) is 19.4 Å². The van der Waals surface area contributed by atoms with Crippen molar-refractivity contribution in [3.05, 3.63) is 46.4 Å². The van der Waals surface area contributed by atoms with Crippen LogP contribution >= 0.6 is 11.6 Å². The molecule has 1 aliphatic heterocycles. The zero-order valence-electron chi connectivity index (χ0n) is 12.5. The Bertz CT molecular complexity index is 701. The Morgan fingerprint density at radius 2 is 2.30 bits per heavy atom. The molecule has 0 radical (unpaired) electrons. The van der Waals surface area contributed by atoms with Gasteiger partial charge in [0.1, 0.15) is 5.82 Å². The number of carbonyl (C=O) groups is 1. The largest absolute Gasteiger partial charge is 0.423 e. The molecule has 2 aromatic rings. The third-order valence-electron chi connectivity index (χ3n) is 3.63. The summed E-state index contributed by atoms with van der Waals surface area (Å²) < 4.78 is 24.7. The molecule has 2 heterocycles. The standard InChI is InChI=1S/C15H15ClFN3O3/c1-9-18-19-15(23-9)13-8-20(5-6-22-13)14(21)7-10-11(16)3-2-4-12(10)17/h2-4,13H,5-8H2,1H3/t13-/m1/s1. The topological polar surface area (TPSA) is 68.5 Å². The molecule has 0 spiro atoms. The van der Waals surface area contributed by atoms with Crippen LogP contribution in [0.25, 0.3) is 0 Å². The Morgan fingerprint density at radius 1 is 1.48 bits per heavy atom.